The predicted octanol–water partition coefficient (Wildman–Crippen LogP) is 4.46. The Morgan fingerprint density at radius 1 is 1.15 bits per heavy atom. The van der Waals surface area contributed by atoms with E-state index in [1.54, 1.807) is 6.08 Å². The molecule has 6 heteroatoms. The van der Waals surface area contributed by atoms with Gasteiger partial charge in [-0.05, 0) is 49.0 Å². The lowest BCUT2D eigenvalue weighted by molar-refractivity contribution is -0.113. The molecule has 0 unspecified atom stereocenters. The summed E-state index contributed by atoms with van der Waals surface area (Å²) >= 11 is 11.7. The van der Waals surface area contributed by atoms with E-state index in [-0.39, 0.29) is 5.91 Å². The number of thiocarbonyl (C=S) groups is 1. The van der Waals surface area contributed by atoms with Crippen LogP contribution >= 0.6 is 23.8 Å². The van der Waals surface area contributed by atoms with Gasteiger partial charge in [0, 0.05) is 10.9 Å². The number of halogens is 1. The highest BCUT2D eigenvalue weighted by Crippen LogP contribution is 2.27. The first-order chi connectivity index (χ1) is 12.5. The van der Waals surface area contributed by atoms with Crippen LogP contribution in [0, 0.1) is 6.92 Å². The number of nitrogens with one attached hydrogen (secondary N) is 1. The summed E-state index contributed by atoms with van der Waals surface area (Å²) in [4.78, 5) is 18.7. The lowest BCUT2D eigenvalue weighted by Crippen LogP contribution is -2.30. The number of nitrogens with zero attached hydrogens (tertiary/aromatic N) is 2. The van der Waals surface area contributed by atoms with Crippen LogP contribution in [0.15, 0.2) is 60.3 Å². The molecule has 0 bridgehead atoms. The van der Waals surface area contributed by atoms with Crippen LogP contribution in [-0.4, -0.2) is 16.0 Å². The smallest absolute Gasteiger partial charge is 0.281 e. The first kappa shape index (κ1) is 16.7. The fraction of sp³-hybridized carbons (Fsp3) is 0.0500. The number of hydrogen-bond donors (Lipinski definition) is 1. The van der Waals surface area contributed by atoms with Crippen molar-refractivity contribution in [1.82, 2.24) is 10.3 Å². The highest BCUT2D eigenvalue weighted by molar-refractivity contribution is 7.80. The van der Waals surface area contributed by atoms with Gasteiger partial charge in [-0.3, -0.25) is 9.69 Å². The largest absolute Gasteiger partial charge is 0.327 e. The van der Waals surface area contributed by atoms with E-state index in [1.807, 2.05) is 61.5 Å². The molecule has 1 aromatic heterocycles. The summed E-state index contributed by atoms with van der Waals surface area (Å²) in [7, 11) is 0. The molecule has 3 aromatic rings. The lowest BCUT2D eigenvalue weighted by atomic mass is 10.1. The van der Waals surface area contributed by atoms with Crippen LogP contribution in [0.25, 0.3) is 17.0 Å². The van der Waals surface area contributed by atoms with E-state index in [1.165, 1.54) is 4.90 Å². The molecule has 4 rings (SSSR count). The standard InChI is InChI=1S/C20H14ClN3OS/c1-12-6-5-7-13-10-14(18(21)23-17(12)13)11-16-19(25)24(20(26)22-16)15-8-3-2-4-9-15/h2-11H,1H3,(H,22,26). The van der Waals surface area contributed by atoms with Gasteiger partial charge in [0.15, 0.2) is 5.11 Å². The second kappa shape index (κ2) is 6.52. The third-order valence-corrected chi connectivity index (χ3v) is 4.81. The Morgan fingerprint density at radius 2 is 1.92 bits per heavy atom. The predicted molar refractivity (Wildman–Crippen MR) is 109 cm³/mol. The number of para-hydroxylation sites is 2. The molecule has 1 amide bonds. The molecule has 26 heavy (non-hydrogen) atoms. The molecule has 0 saturated carbocycles. The van der Waals surface area contributed by atoms with Crippen LogP contribution in [0.1, 0.15) is 11.1 Å². The van der Waals surface area contributed by atoms with E-state index in [0.29, 0.717) is 21.5 Å². The van der Waals surface area contributed by atoms with E-state index in [4.69, 9.17) is 23.8 Å². The number of hydrogen-bond acceptors (Lipinski definition) is 3. The van der Waals surface area contributed by atoms with Gasteiger partial charge >= 0.3 is 0 Å². The fourth-order valence-corrected chi connectivity index (χ4v) is 3.44. The van der Waals surface area contributed by atoms with Crippen molar-refractivity contribution in [3.05, 3.63) is 76.6 Å². The third-order valence-electron chi connectivity index (χ3n) is 4.22. The molecular formula is C20H14ClN3OS. The molecule has 0 atom stereocenters. The van der Waals surface area contributed by atoms with E-state index in [9.17, 15) is 4.79 Å². The van der Waals surface area contributed by atoms with Crippen molar-refractivity contribution in [2.24, 2.45) is 0 Å². The van der Waals surface area contributed by atoms with Gasteiger partial charge in [0.1, 0.15) is 10.9 Å². The first-order valence-corrected chi connectivity index (χ1v) is 8.81. The molecule has 1 N–H and O–H groups in total. The number of pyridine rings is 1. The van der Waals surface area contributed by atoms with Crippen LogP contribution in [0.2, 0.25) is 5.15 Å². The molecule has 0 aliphatic carbocycles. The zero-order chi connectivity index (χ0) is 18.3. The Bertz CT molecular complexity index is 1080. The van der Waals surface area contributed by atoms with Crippen LogP contribution in [0.3, 0.4) is 0 Å². The minimum atomic E-state index is -0.221. The van der Waals surface area contributed by atoms with Gasteiger partial charge in [0.25, 0.3) is 5.91 Å². The highest BCUT2D eigenvalue weighted by atomic mass is 35.5. The number of aromatic nitrogens is 1. The zero-order valence-corrected chi connectivity index (χ0v) is 15.4. The van der Waals surface area contributed by atoms with Gasteiger partial charge in [-0.15, -0.1) is 0 Å². The van der Waals surface area contributed by atoms with E-state index < -0.39 is 0 Å². The molecule has 0 radical (unpaired) electrons. The summed E-state index contributed by atoms with van der Waals surface area (Å²) in [6.45, 7) is 1.99. The molecule has 128 valence electrons. The average molecular weight is 380 g/mol. The van der Waals surface area contributed by atoms with Crippen molar-refractivity contribution in [2.75, 3.05) is 4.90 Å². The summed E-state index contributed by atoms with van der Waals surface area (Å²) in [5.41, 5.74) is 3.66. The number of carbonyl (C=O) groups excluding carboxylic acids is 1. The van der Waals surface area contributed by atoms with E-state index >= 15 is 0 Å². The number of fused-ring (bicyclic) bond motifs is 1. The maximum atomic E-state index is 12.8. The maximum absolute atomic E-state index is 12.8. The molecule has 2 aromatic carbocycles. The van der Waals surface area contributed by atoms with Crippen LogP contribution in [-0.2, 0) is 4.79 Å². The van der Waals surface area contributed by atoms with Crippen molar-refractivity contribution < 1.29 is 4.79 Å². The summed E-state index contributed by atoms with van der Waals surface area (Å²) < 4.78 is 0. The minimum absolute atomic E-state index is 0.221. The van der Waals surface area contributed by atoms with Crippen LogP contribution < -0.4 is 10.2 Å². The number of benzene rings is 2. The average Bonchev–Trinajstić information content (AvgIpc) is 2.91. The van der Waals surface area contributed by atoms with Crippen molar-refractivity contribution >= 4 is 57.5 Å². The number of carbonyl (C=O) groups is 1. The molecule has 1 aliphatic heterocycles. The Morgan fingerprint density at radius 3 is 2.69 bits per heavy atom. The summed E-state index contributed by atoms with van der Waals surface area (Å²) in [6, 6.07) is 17.1. The summed E-state index contributed by atoms with van der Waals surface area (Å²) in [6.07, 6.45) is 1.69. The van der Waals surface area contributed by atoms with Crippen molar-refractivity contribution in [3.63, 3.8) is 0 Å². The monoisotopic (exact) mass is 379 g/mol. The molecule has 1 saturated heterocycles. The summed E-state index contributed by atoms with van der Waals surface area (Å²) in [5.74, 6) is -0.221. The molecule has 1 fully saturated rings. The zero-order valence-electron chi connectivity index (χ0n) is 13.9. The van der Waals surface area contributed by atoms with Gasteiger partial charge < -0.3 is 5.32 Å². The van der Waals surface area contributed by atoms with Crippen LogP contribution in [0.4, 0.5) is 5.69 Å². The number of rotatable bonds is 2. The molecule has 2 heterocycles. The number of amides is 1. The summed E-state index contributed by atoms with van der Waals surface area (Å²) in [5, 5.41) is 4.62. The van der Waals surface area contributed by atoms with E-state index in [0.717, 1.165) is 22.2 Å². The highest BCUT2D eigenvalue weighted by Gasteiger charge is 2.32. The Balaban J connectivity index is 1.75. The van der Waals surface area contributed by atoms with Gasteiger partial charge in [-0.2, -0.15) is 0 Å². The third kappa shape index (κ3) is 2.85. The van der Waals surface area contributed by atoms with Gasteiger partial charge in [0.05, 0.1) is 11.2 Å². The Kier molecular flexibility index (Phi) is 4.18. The van der Waals surface area contributed by atoms with Gasteiger partial charge in [0.2, 0.25) is 0 Å². The van der Waals surface area contributed by atoms with Crippen LogP contribution in [0.5, 0.6) is 0 Å². The van der Waals surface area contributed by atoms with Gasteiger partial charge in [-0.1, -0.05) is 48.0 Å². The first-order valence-electron chi connectivity index (χ1n) is 8.02. The second-order valence-electron chi connectivity index (χ2n) is 5.98. The van der Waals surface area contributed by atoms with E-state index in [2.05, 4.69) is 10.3 Å². The number of aryl methyl sites for hydroxylation is 1. The quantitative estimate of drug-likeness (QED) is 0.405. The molecular weight excluding hydrogens is 366 g/mol. The normalized spacial score (nSPS) is 15.8. The van der Waals surface area contributed by atoms with Gasteiger partial charge in [-0.25, -0.2) is 4.98 Å². The number of anilines is 1. The Hall–Kier alpha value is -2.76. The van der Waals surface area contributed by atoms with Crippen molar-refractivity contribution in [1.29, 1.82) is 0 Å². The second-order valence-corrected chi connectivity index (χ2v) is 6.72. The molecule has 0 spiro atoms. The van der Waals surface area contributed by atoms with Crippen molar-refractivity contribution in [3.8, 4) is 0 Å². The lowest BCUT2D eigenvalue weighted by Gasteiger charge is -2.13. The SMILES string of the molecule is Cc1cccc2cc(C=C3NC(=S)N(c4ccccc4)C3=O)c(Cl)nc12. The van der Waals surface area contributed by atoms with Crippen molar-refractivity contribution in [2.45, 2.75) is 6.92 Å². The molecule has 1 aliphatic rings. The Labute approximate surface area is 161 Å². The minimum Gasteiger partial charge on any atom is -0.327 e. The topological polar surface area (TPSA) is 45.2 Å². The maximum Gasteiger partial charge on any atom is 0.281 e. The fourth-order valence-electron chi connectivity index (χ4n) is 2.94. The molecule has 4 nitrogen and oxygen atoms in total.